The van der Waals surface area contributed by atoms with E-state index >= 15 is 0 Å². The van der Waals surface area contributed by atoms with Crippen LogP contribution in [0.1, 0.15) is 0 Å². The second kappa shape index (κ2) is 2.97. The predicted octanol–water partition coefficient (Wildman–Crippen LogP) is 0.438. The van der Waals surface area contributed by atoms with Crippen molar-refractivity contribution in [2.75, 3.05) is 0 Å². The average molecular weight is 184 g/mol. The van der Waals surface area contributed by atoms with Gasteiger partial charge in [0.25, 0.3) is 0 Å². The molecule has 48 valence electrons. The van der Waals surface area contributed by atoms with Crippen LogP contribution in [0.25, 0.3) is 0 Å². The van der Waals surface area contributed by atoms with E-state index in [-0.39, 0.29) is 0 Å². The summed E-state index contributed by atoms with van der Waals surface area (Å²) in [5.74, 6) is 0. The molecular weight excluding hydrogens is 175 g/mol. The van der Waals surface area contributed by atoms with Crippen LogP contribution in [0.3, 0.4) is 0 Å². The van der Waals surface area contributed by atoms with Crippen LogP contribution in [0, 0.1) is 0 Å². The Morgan fingerprint density at radius 2 is 1.78 bits per heavy atom. The summed E-state index contributed by atoms with van der Waals surface area (Å²) in [4.78, 5) is 8.26. The fourth-order valence-electron chi connectivity index (χ4n) is 0.522. The summed E-state index contributed by atoms with van der Waals surface area (Å²) in [6.45, 7) is 0. The van der Waals surface area contributed by atoms with Crippen LogP contribution < -0.4 is 4.61 Å². The molecule has 3 heteroatoms. The quantitative estimate of drug-likeness (QED) is 0.592. The summed E-state index contributed by atoms with van der Waals surface area (Å²) in [5, 5.41) is 0. The SMILES string of the molecule is C[As](C)c1ncccn1. The second-order valence-electron chi connectivity index (χ2n) is 1.94. The minimum atomic E-state index is -0.810. The van der Waals surface area contributed by atoms with Gasteiger partial charge in [-0.05, 0) is 0 Å². The van der Waals surface area contributed by atoms with Gasteiger partial charge in [-0.25, -0.2) is 0 Å². The fraction of sp³-hybridized carbons (Fsp3) is 0.333. The Bertz CT molecular complexity index is 174. The van der Waals surface area contributed by atoms with Crippen LogP contribution in [0.15, 0.2) is 18.5 Å². The van der Waals surface area contributed by atoms with Crippen LogP contribution in [0.2, 0.25) is 11.4 Å². The van der Waals surface area contributed by atoms with Crippen LogP contribution in [-0.2, 0) is 0 Å². The molecule has 1 aromatic heterocycles. The van der Waals surface area contributed by atoms with Gasteiger partial charge in [0, 0.05) is 0 Å². The normalized spacial score (nSPS) is 10.1. The van der Waals surface area contributed by atoms with Crippen molar-refractivity contribution in [2.24, 2.45) is 0 Å². The molecule has 0 aromatic carbocycles. The number of hydrogen-bond acceptors (Lipinski definition) is 2. The van der Waals surface area contributed by atoms with Crippen molar-refractivity contribution >= 4 is 19.3 Å². The van der Waals surface area contributed by atoms with Crippen LogP contribution in [-0.4, -0.2) is 24.6 Å². The molecular formula is C6H9AsN2. The van der Waals surface area contributed by atoms with Crippen molar-refractivity contribution in [3.05, 3.63) is 18.5 Å². The summed E-state index contributed by atoms with van der Waals surface area (Å²) in [6, 6.07) is 1.85. The van der Waals surface area contributed by atoms with E-state index in [1.807, 2.05) is 6.07 Å². The Hall–Kier alpha value is -0.362. The topological polar surface area (TPSA) is 25.8 Å². The molecule has 0 aliphatic heterocycles. The maximum absolute atomic E-state index is 4.13. The number of rotatable bonds is 1. The summed E-state index contributed by atoms with van der Waals surface area (Å²) in [6.07, 6.45) is 3.61. The molecule has 0 aliphatic carbocycles. The van der Waals surface area contributed by atoms with Crippen LogP contribution in [0.4, 0.5) is 0 Å². The Morgan fingerprint density at radius 1 is 1.22 bits per heavy atom. The van der Waals surface area contributed by atoms with Crippen molar-refractivity contribution < 1.29 is 0 Å². The van der Waals surface area contributed by atoms with Gasteiger partial charge in [0.15, 0.2) is 0 Å². The molecule has 2 nitrogen and oxygen atoms in total. The zero-order chi connectivity index (χ0) is 6.69. The van der Waals surface area contributed by atoms with Crippen molar-refractivity contribution in [3.63, 3.8) is 0 Å². The second-order valence-corrected chi connectivity index (χ2v) is 6.54. The van der Waals surface area contributed by atoms with Crippen molar-refractivity contribution in [1.82, 2.24) is 9.97 Å². The molecule has 0 fully saturated rings. The third-order valence-corrected chi connectivity index (χ3v) is 3.12. The van der Waals surface area contributed by atoms with Gasteiger partial charge in [0.05, 0.1) is 0 Å². The first-order chi connectivity index (χ1) is 4.30. The molecule has 1 heterocycles. The Balaban J connectivity index is 2.85. The monoisotopic (exact) mass is 184 g/mol. The Kier molecular flexibility index (Phi) is 2.23. The summed E-state index contributed by atoms with van der Waals surface area (Å²) in [7, 11) is 0. The summed E-state index contributed by atoms with van der Waals surface area (Å²) < 4.78 is 1.06. The van der Waals surface area contributed by atoms with Gasteiger partial charge in [0.1, 0.15) is 0 Å². The first kappa shape index (κ1) is 6.75. The maximum atomic E-state index is 4.13. The first-order valence-corrected chi connectivity index (χ1v) is 7.44. The van der Waals surface area contributed by atoms with Crippen molar-refractivity contribution in [1.29, 1.82) is 0 Å². The molecule has 1 rings (SSSR count). The molecule has 0 aliphatic rings. The molecule has 0 amide bonds. The van der Waals surface area contributed by atoms with Gasteiger partial charge in [-0.1, -0.05) is 0 Å². The molecule has 0 bridgehead atoms. The van der Waals surface area contributed by atoms with E-state index in [1.165, 1.54) is 0 Å². The molecule has 1 aromatic rings. The molecule has 0 spiro atoms. The van der Waals surface area contributed by atoms with E-state index in [2.05, 4.69) is 21.4 Å². The number of nitrogens with zero attached hydrogens (tertiary/aromatic N) is 2. The Morgan fingerprint density at radius 3 is 2.11 bits per heavy atom. The number of hydrogen-bond donors (Lipinski definition) is 0. The van der Waals surface area contributed by atoms with Gasteiger partial charge in [0.2, 0.25) is 0 Å². The van der Waals surface area contributed by atoms with Gasteiger partial charge in [-0.2, -0.15) is 0 Å². The van der Waals surface area contributed by atoms with E-state index < -0.39 is 14.7 Å². The van der Waals surface area contributed by atoms with E-state index in [9.17, 15) is 0 Å². The summed E-state index contributed by atoms with van der Waals surface area (Å²) in [5.41, 5.74) is 4.45. The standard InChI is InChI=1S/C6H9AsN2/c1-7(2)6-8-4-3-5-9-6/h3-5H,1-2H3. The van der Waals surface area contributed by atoms with Crippen molar-refractivity contribution in [3.8, 4) is 0 Å². The fourth-order valence-corrected chi connectivity index (χ4v) is 1.77. The Labute approximate surface area is 59.6 Å². The van der Waals surface area contributed by atoms with Crippen molar-refractivity contribution in [2.45, 2.75) is 11.4 Å². The van der Waals surface area contributed by atoms with E-state index in [0.717, 1.165) is 4.61 Å². The van der Waals surface area contributed by atoms with E-state index in [0.29, 0.717) is 0 Å². The van der Waals surface area contributed by atoms with Gasteiger partial charge in [-0.3, -0.25) is 0 Å². The molecule has 0 saturated heterocycles. The number of aromatic nitrogens is 2. The minimum absolute atomic E-state index is 0.810. The van der Waals surface area contributed by atoms with Crippen LogP contribution in [0.5, 0.6) is 0 Å². The average Bonchev–Trinajstić information content (AvgIpc) is 1.90. The molecule has 0 unspecified atom stereocenters. The zero-order valence-corrected chi connectivity index (χ0v) is 7.45. The third kappa shape index (κ3) is 1.79. The predicted molar refractivity (Wildman–Crippen MR) is 39.1 cm³/mol. The van der Waals surface area contributed by atoms with E-state index in [4.69, 9.17) is 0 Å². The molecule has 0 saturated carbocycles. The van der Waals surface area contributed by atoms with Crippen LogP contribution >= 0.6 is 0 Å². The molecule has 0 radical (unpaired) electrons. The molecule has 0 atom stereocenters. The third-order valence-electron chi connectivity index (χ3n) is 0.952. The summed E-state index contributed by atoms with van der Waals surface area (Å²) >= 11 is -0.810. The van der Waals surface area contributed by atoms with Gasteiger partial charge >= 0.3 is 59.1 Å². The first-order valence-electron chi connectivity index (χ1n) is 2.75. The molecule has 9 heavy (non-hydrogen) atoms. The zero-order valence-electron chi connectivity index (χ0n) is 5.57. The van der Waals surface area contributed by atoms with Gasteiger partial charge < -0.3 is 0 Å². The molecule has 0 N–H and O–H groups in total. The van der Waals surface area contributed by atoms with E-state index in [1.54, 1.807) is 12.4 Å². The van der Waals surface area contributed by atoms with Gasteiger partial charge in [-0.15, -0.1) is 0 Å².